The highest BCUT2D eigenvalue weighted by atomic mass is 16.4. The zero-order valence-electron chi connectivity index (χ0n) is 16.3. The van der Waals surface area contributed by atoms with Gasteiger partial charge in [0.2, 0.25) is 5.95 Å². The number of H-pyrrole nitrogens is 1. The Morgan fingerprint density at radius 1 is 1.20 bits per heavy atom. The quantitative estimate of drug-likeness (QED) is 0.412. The molecule has 1 aliphatic rings. The van der Waals surface area contributed by atoms with E-state index in [0.29, 0.717) is 12.4 Å². The lowest BCUT2D eigenvalue weighted by Gasteiger charge is -2.12. The summed E-state index contributed by atoms with van der Waals surface area (Å²) in [5.74, 6) is 0.0727. The number of rotatable bonds is 3. The molecule has 0 saturated heterocycles. The minimum absolute atomic E-state index is 0.244. The third kappa shape index (κ3) is 4.12. The van der Waals surface area contributed by atoms with Crippen molar-refractivity contribution >= 4 is 40.5 Å². The number of aliphatic carboxylic acids is 1. The first-order valence-electron chi connectivity index (χ1n) is 9.29. The molecule has 2 aromatic carbocycles. The Morgan fingerprint density at radius 2 is 2.00 bits per heavy atom. The summed E-state index contributed by atoms with van der Waals surface area (Å²) in [7, 11) is 0. The number of carboxylic acid groups (broad SMARTS) is 1. The molecule has 5 N–H and O–H groups in total. The average molecular weight is 400 g/mol. The fourth-order valence-corrected chi connectivity index (χ4v) is 3.34. The van der Waals surface area contributed by atoms with Gasteiger partial charge in [-0.25, -0.2) is 4.98 Å². The van der Waals surface area contributed by atoms with Crippen molar-refractivity contribution in [1.82, 2.24) is 15.0 Å². The van der Waals surface area contributed by atoms with Crippen LogP contribution in [-0.4, -0.2) is 32.2 Å². The van der Waals surface area contributed by atoms with Gasteiger partial charge in [0.15, 0.2) is 0 Å². The van der Waals surface area contributed by atoms with Crippen LogP contribution in [0.5, 0.6) is 0 Å². The van der Waals surface area contributed by atoms with E-state index < -0.39 is 5.97 Å². The lowest BCUT2D eigenvalue weighted by Crippen LogP contribution is -2.00. The van der Waals surface area contributed by atoms with E-state index in [9.17, 15) is 0 Å². The molecule has 2 aromatic heterocycles. The van der Waals surface area contributed by atoms with Gasteiger partial charge < -0.3 is 21.1 Å². The summed E-state index contributed by atoms with van der Waals surface area (Å²) in [5.41, 5.74) is 12.3. The lowest BCUT2D eigenvalue weighted by molar-refractivity contribution is -0.134. The number of nitrogens with two attached hydrogens (primary N) is 1. The Labute approximate surface area is 172 Å². The molecule has 0 amide bonds. The fraction of sp³-hybridized carbons (Fsp3) is 0.0909. The molecule has 0 unspecified atom stereocenters. The van der Waals surface area contributed by atoms with Crippen molar-refractivity contribution in [1.29, 1.82) is 0 Å². The summed E-state index contributed by atoms with van der Waals surface area (Å²) in [4.78, 5) is 25.1. The second-order valence-corrected chi connectivity index (χ2v) is 6.78. The number of para-hydroxylation sites is 1. The minimum Gasteiger partial charge on any atom is -0.481 e. The minimum atomic E-state index is -0.833. The van der Waals surface area contributed by atoms with Crippen molar-refractivity contribution in [2.24, 2.45) is 4.99 Å². The number of nitrogens with one attached hydrogen (secondary N) is 2. The van der Waals surface area contributed by atoms with Gasteiger partial charge in [-0.3, -0.25) is 9.79 Å². The molecule has 4 aromatic rings. The van der Waals surface area contributed by atoms with Gasteiger partial charge in [-0.15, -0.1) is 0 Å². The summed E-state index contributed by atoms with van der Waals surface area (Å²) in [6.07, 6.45) is 3.55. The Kier molecular flexibility index (Phi) is 5.13. The number of nitrogen functional groups attached to an aromatic ring is 1. The summed E-state index contributed by atoms with van der Waals surface area (Å²) >= 11 is 0. The van der Waals surface area contributed by atoms with Crippen molar-refractivity contribution in [3.63, 3.8) is 0 Å². The fourth-order valence-electron chi connectivity index (χ4n) is 3.34. The zero-order valence-corrected chi connectivity index (χ0v) is 16.3. The number of carbonyl (C=O) groups is 1. The van der Waals surface area contributed by atoms with E-state index in [4.69, 9.17) is 15.6 Å². The van der Waals surface area contributed by atoms with E-state index in [1.165, 1.54) is 10.9 Å². The van der Waals surface area contributed by atoms with E-state index in [2.05, 4.69) is 55.6 Å². The number of aliphatic imine (C=N–C) groups is 1. The highest BCUT2D eigenvalue weighted by Gasteiger charge is 2.16. The largest absolute Gasteiger partial charge is 0.481 e. The van der Waals surface area contributed by atoms with Crippen LogP contribution in [0.1, 0.15) is 18.1 Å². The van der Waals surface area contributed by atoms with E-state index in [1.807, 2.05) is 18.3 Å². The van der Waals surface area contributed by atoms with Gasteiger partial charge in [0.05, 0.1) is 6.54 Å². The molecule has 1 aliphatic heterocycles. The van der Waals surface area contributed by atoms with Crippen molar-refractivity contribution in [3.05, 3.63) is 65.9 Å². The van der Waals surface area contributed by atoms with Crippen LogP contribution in [0, 0.1) is 0 Å². The lowest BCUT2D eigenvalue weighted by atomic mass is 9.99. The highest BCUT2D eigenvalue weighted by molar-refractivity contribution is 5.93. The smallest absolute Gasteiger partial charge is 0.300 e. The third-order valence-corrected chi connectivity index (χ3v) is 4.53. The summed E-state index contributed by atoms with van der Waals surface area (Å²) < 4.78 is 0. The standard InChI is InChI=1S/C20H16N6.C2H4O2/c21-20-23-6-5-19(26-20)24-14-7-13-10-22-11-16(13)15(9-14)18-8-12-3-1-2-4-17(12)25-18;1-2(3)4/h1-10,25H,11H2,(H3,21,23,24,26);1H3,(H,3,4). The van der Waals surface area contributed by atoms with Crippen molar-refractivity contribution < 1.29 is 9.90 Å². The first-order chi connectivity index (χ1) is 14.5. The molecule has 0 fully saturated rings. The number of hydrogen-bond donors (Lipinski definition) is 4. The molecular formula is C22H20N6O2. The van der Waals surface area contributed by atoms with Crippen molar-refractivity contribution in [2.45, 2.75) is 13.5 Å². The SMILES string of the molecule is CC(=O)O.Nc1nccc(Nc2cc3c(c(-c4cc5ccccc5[nH]4)c2)CN=C3)n1. The maximum Gasteiger partial charge on any atom is 0.300 e. The predicted molar refractivity (Wildman–Crippen MR) is 118 cm³/mol. The Balaban J connectivity index is 0.000000503. The van der Waals surface area contributed by atoms with Gasteiger partial charge in [-0.05, 0) is 35.9 Å². The second-order valence-electron chi connectivity index (χ2n) is 6.78. The van der Waals surface area contributed by atoms with Crippen LogP contribution in [0.15, 0.2) is 59.7 Å². The molecule has 8 nitrogen and oxygen atoms in total. The normalized spacial score (nSPS) is 11.6. The maximum absolute atomic E-state index is 9.00. The number of hydrogen-bond acceptors (Lipinski definition) is 6. The summed E-state index contributed by atoms with van der Waals surface area (Å²) in [6.45, 7) is 1.78. The van der Waals surface area contributed by atoms with Gasteiger partial charge >= 0.3 is 0 Å². The van der Waals surface area contributed by atoms with E-state index >= 15 is 0 Å². The predicted octanol–water partition coefficient (Wildman–Crippen LogP) is 3.97. The molecule has 0 aliphatic carbocycles. The molecule has 0 spiro atoms. The van der Waals surface area contributed by atoms with Crippen LogP contribution in [0.25, 0.3) is 22.2 Å². The molecule has 0 radical (unpaired) electrons. The monoisotopic (exact) mass is 400 g/mol. The van der Waals surface area contributed by atoms with Crippen molar-refractivity contribution in [3.8, 4) is 11.3 Å². The molecule has 0 bridgehead atoms. The number of anilines is 3. The first kappa shape index (κ1) is 19.1. The number of carboxylic acids is 1. The number of benzene rings is 2. The van der Waals surface area contributed by atoms with Gasteiger partial charge in [-0.1, -0.05) is 18.2 Å². The molecule has 8 heteroatoms. The van der Waals surface area contributed by atoms with E-state index in [1.54, 1.807) is 12.3 Å². The third-order valence-electron chi connectivity index (χ3n) is 4.53. The molecular weight excluding hydrogens is 380 g/mol. The topological polar surface area (TPSA) is 129 Å². The zero-order chi connectivity index (χ0) is 21.1. The summed E-state index contributed by atoms with van der Waals surface area (Å²) in [5, 5.41) is 11.9. The average Bonchev–Trinajstić information content (AvgIpc) is 3.33. The molecule has 5 rings (SSSR count). The van der Waals surface area contributed by atoms with Gasteiger partial charge in [0, 0.05) is 52.7 Å². The van der Waals surface area contributed by atoms with Gasteiger partial charge in [-0.2, -0.15) is 4.98 Å². The van der Waals surface area contributed by atoms with E-state index in [-0.39, 0.29) is 5.95 Å². The van der Waals surface area contributed by atoms with Crippen LogP contribution >= 0.6 is 0 Å². The molecule has 0 saturated carbocycles. The Hall–Kier alpha value is -4.20. The summed E-state index contributed by atoms with van der Waals surface area (Å²) in [6, 6.07) is 16.4. The Morgan fingerprint density at radius 3 is 2.77 bits per heavy atom. The van der Waals surface area contributed by atoms with Crippen LogP contribution in [0.2, 0.25) is 0 Å². The number of aromatic nitrogens is 3. The highest BCUT2D eigenvalue weighted by Crippen LogP contribution is 2.34. The van der Waals surface area contributed by atoms with Crippen LogP contribution in [-0.2, 0) is 11.3 Å². The maximum atomic E-state index is 9.00. The van der Waals surface area contributed by atoms with E-state index in [0.717, 1.165) is 34.9 Å². The van der Waals surface area contributed by atoms with Gasteiger partial charge in [0.25, 0.3) is 5.97 Å². The second kappa shape index (κ2) is 8.04. The van der Waals surface area contributed by atoms with Crippen molar-refractivity contribution in [2.75, 3.05) is 11.1 Å². The van der Waals surface area contributed by atoms with Crippen LogP contribution < -0.4 is 11.1 Å². The molecule has 0 atom stereocenters. The van der Waals surface area contributed by atoms with Crippen LogP contribution in [0.3, 0.4) is 0 Å². The number of fused-ring (bicyclic) bond motifs is 2. The molecule has 150 valence electrons. The first-order valence-corrected chi connectivity index (χ1v) is 9.29. The number of nitrogens with zero attached hydrogens (tertiary/aromatic N) is 3. The number of aromatic amines is 1. The molecule has 3 heterocycles. The molecule has 30 heavy (non-hydrogen) atoms. The Bertz CT molecular complexity index is 1220. The van der Waals surface area contributed by atoms with Crippen LogP contribution in [0.4, 0.5) is 17.5 Å². The van der Waals surface area contributed by atoms with Gasteiger partial charge in [0.1, 0.15) is 5.82 Å².